The highest BCUT2D eigenvalue weighted by Gasteiger charge is 2.28. The van der Waals surface area contributed by atoms with Crippen molar-refractivity contribution < 1.29 is 28.2 Å². The second-order valence-electron chi connectivity index (χ2n) is 6.09. The number of furan rings is 1. The van der Waals surface area contributed by atoms with E-state index in [0.29, 0.717) is 35.0 Å². The number of fused-ring (bicyclic) bond motifs is 1. The largest absolute Gasteiger partial charge is 0.489 e. The third-order valence-corrected chi connectivity index (χ3v) is 4.24. The van der Waals surface area contributed by atoms with Crippen LogP contribution in [-0.4, -0.2) is 18.9 Å². The molecule has 2 heterocycles. The second kappa shape index (κ2) is 7.44. The van der Waals surface area contributed by atoms with Crippen LogP contribution in [0.2, 0.25) is 0 Å². The van der Waals surface area contributed by atoms with E-state index in [2.05, 4.69) is 4.74 Å². The van der Waals surface area contributed by atoms with Crippen molar-refractivity contribution in [1.82, 2.24) is 0 Å². The van der Waals surface area contributed by atoms with Crippen molar-refractivity contribution in [3.8, 4) is 11.5 Å². The zero-order chi connectivity index (χ0) is 19.5. The fourth-order valence-electron chi connectivity index (χ4n) is 2.78. The van der Waals surface area contributed by atoms with Gasteiger partial charge in [0.15, 0.2) is 5.76 Å². The van der Waals surface area contributed by atoms with Gasteiger partial charge >= 0.3 is 5.97 Å². The van der Waals surface area contributed by atoms with Crippen LogP contribution in [-0.2, 0) is 11.3 Å². The molecule has 4 rings (SSSR count). The summed E-state index contributed by atoms with van der Waals surface area (Å²) in [6.45, 7) is 0.309. The van der Waals surface area contributed by atoms with Gasteiger partial charge in [0.25, 0.3) is 0 Å². The van der Waals surface area contributed by atoms with Crippen LogP contribution in [0.4, 0.5) is 0 Å². The quantitative estimate of drug-likeness (QED) is 0.489. The molecule has 0 saturated heterocycles. The molecule has 0 radical (unpaired) electrons. The molecule has 0 N–H and O–H groups in total. The van der Waals surface area contributed by atoms with E-state index < -0.39 is 0 Å². The van der Waals surface area contributed by atoms with Crippen LogP contribution in [0.5, 0.6) is 11.5 Å². The average Bonchev–Trinajstić information content (AvgIpc) is 3.34. The Morgan fingerprint density at radius 2 is 1.93 bits per heavy atom. The van der Waals surface area contributed by atoms with Crippen LogP contribution in [0, 0.1) is 0 Å². The summed E-state index contributed by atoms with van der Waals surface area (Å²) in [4.78, 5) is 23.9. The van der Waals surface area contributed by atoms with Gasteiger partial charge in [-0.25, -0.2) is 4.79 Å². The molecule has 0 aliphatic carbocycles. The van der Waals surface area contributed by atoms with Gasteiger partial charge in [0.05, 0.1) is 24.5 Å². The minimum atomic E-state index is -0.383. The third kappa shape index (κ3) is 3.53. The van der Waals surface area contributed by atoms with Crippen LogP contribution in [0.15, 0.2) is 71.0 Å². The van der Waals surface area contributed by atoms with Crippen molar-refractivity contribution >= 4 is 17.8 Å². The predicted molar refractivity (Wildman–Crippen MR) is 100 cm³/mol. The lowest BCUT2D eigenvalue weighted by atomic mass is 10.1. The van der Waals surface area contributed by atoms with Crippen molar-refractivity contribution in [2.45, 2.75) is 6.61 Å². The number of hydrogen-bond acceptors (Lipinski definition) is 6. The van der Waals surface area contributed by atoms with E-state index in [-0.39, 0.29) is 17.5 Å². The normalized spacial score (nSPS) is 13.9. The molecule has 2 aromatic carbocycles. The number of ether oxygens (including phenoxy) is 3. The molecule has 6 heteroatoms. The Labute approximate surface area is 160 Å². The highest BCUT2D eigenvalue weighted by atomic mass is 16.5. The van der Waals surface area contributed by atoms with E-state index >= 15 is 0 Å². The number of esters is 1. The summed E-state index contributed by atoms with van der Waals surface area (Å²) >= 11 is 0. The standard InChI is InChI=1S/C22H16O6/c1-25-22(24)15-6-4-14(5-7-15)13-27-17-8-9-18-19(11-17)28-20(21(18)23)12-16-3-2-10-26-16/h2-12H,13H2,1H3. The average molecular weight is 376 g/mol. The topological polar surface area (TPSA) is 75.0 Å². The molecule has 3 aromatic rings. The molecule has 0 spiro atoms. The Morgan fingerprint density at radius 1 is 1.11 bits per heavy atom. The van der Waals surface area contributed by atoms with Gasteiger partial charge in [0.1, 0.15) is 23.9 Å². The van der Waals surface area contributed by atoms with Gasteiger partial charge < -0.3 is 18.6 Å². The van der Waals surface area contributed by atoms with Gasteiger partial charge in [-0.3, -0.25) is 4.79 Å². The van der Waals surface area contributed by atoms with Crippen LogP contribution in [0.25, 0.3) is 6.08 Å². The van der Waals surface area contributed by atoms with E-state index in [1.54, 1.807) is 60.7 Å². The van der Waals surface area contributed by atoms with Gasteiger partial charge in [-0.2, -0.15) is 0 Å². The Balaban J connectivity index is 1.45. The first-order chi connectivity index (χ1) is 13.6. The zero-order valence-electron chi connectivity index (χ0n) is 15.0. The summed E-state index contributed by atoms with van der Waals surface area (Å²) in [5, 5.41) is 0. The van der Waals surface area contributed by atoms with Gasteiger partial charge in [-0.15, -0.1) is 0 Å². The van der Waals surface area contributed by atoms with Gasteiger partial charge in [-0.05, 0) is 42.0 Å². The second-order valence-corrected chi connectivity index (χ2v) is 6.09. The fourth-order valence-corrected chi connectivity index (χ4v) is 2.78. The summed E-state index contributed by atoms with van der Waals surface area (Å²) in [6.07, 6.45) is 3.09. The lowest BCUT2D eigenvalue weighted by Gasteiger charge is -2.08. The Bertz CT molecular complexity index is 1050. The summed E-state index contributed by atoms with van der Waals surface area (Å²) in [6, 6.07) is 15.5. The molecule has 0 saturated carbocycles. The maximum Gasteiger partial charge on any atom is 0.337 e. The molecule has 140 valence electrons. The van der Waals surface area contributed by atoms with E-state index in [1.807, 2.05) is 0 Å². The molecule has 28 heavy (non-hydrogen) atoms. The van der Waals surface area contributed by atoms with Crippen molar-refractivity contribution in [2.24, 2.45) is 0 Å². The van der Waals surface area contributed by atoms with Gasteiger partial charge in [0.2, 0.25) is 5.78 Å². The Kier molecular flexibility index (Phi) is 4.68. The summed E-state index contributed by atoms with van der Waals surface area (Å²) in [7, 11) is 1.34. The van der Waals surface area contributed by atoms with Gasteiger partial charge in [-0.1, -0.05) is 12.1 Å². The molecule has 6 nitrogen and oxygen atoms in total. The maximum absolute atomic E-state index is 12.4. The SMILES string of the molecule is COC(=O)c1ccc(COc2ccc3c(c2)OC(=Cc2ccco2)C3=O)cc1. The number of benzene rings is 2. The molecular weight excluding hydrogens is 360 g/mol. The van der Waals surface area contributed by atoms with E-state index in [1.165, 1.54) is 13.4 Å². The lowest BCUT2D eigenvalue weighted by Crippen LogP contribution is -2.02. The minimum Gasteiger partial charge on any atom is -0.489 e. The van der Waals surface area contributed by atoms with Crippen LogP contribution in [0.1, 0.15) is 32.0 Å². The summed E-state index contributed by atoms with van der Waals surface area (Å²) in [5.74, 6) is 1.19. The molecular formula is C22H16O6. The fraction of sp³-hybridized carbons (Fsp3) is 0.0909. The Morgan fingerprint density at radius 3 is 2.64 bits per heavy atom. The summed E-state index contributed by atoms with van der Waals surface area (Å²) in [5.41, 5.74) is 1.85. The van der Waals surface area contributed by atoms with Crippen LogP contribution in [0.3, 0.4) is 0 Å². The van der Waals surface area contributed by atoms with Crippen molar-refractivity contribution in [1.29, 1.82) is 0 Å². The maximum atomic E-state index is 12.4. The molecule has 0 bridgehead atoms. The molecule has 1 aliphatic heterocycles. The third-order valence-electron chi connectivity index (χ3n) is 4.24. The number of methoxy groups -OCH3 is 1. The Hall–Kier alpha value is -3.80. The molecule has 0 unspecified atom stereocenters. The first-order valence-corrected chi connectivity index (χ1v) is 8.56. The minimum absolute atomic E-state index is 0.198. The van der Waals surface area contributed by atoms with E-state index in [0.717, 1.165) is 5.56 Å². The number of allylic oxidation sites excluding steroid dienone is 1. The van der Waals surface area contributed by atoms with Crippen molar-refractivity contribution in [3.63, 3.8) is 0 Å². The molecule has 0 atom stereocenters. The molecule has 0 fully saturated rings. The number of hydrogen-bond donors (Lipinski definition) is 0. The first-order valence-electron chi connectivity index (χ1n) is 8.56. The smallest absolute Gasteiger partial charge is 0.337 e. The highest BCUT2D eigenvalue weighted by molar-refractivity contribution is 6.14. The summed E-state index contributed by atoms with van der Waals surface area (Å²) < 4.78 is 21.3. The van der Waals surface area contributed by atoms with E-state index in [4.69, 9.17) is 13.9 Å². The highest BCUT2D eigenvalue weighted by Crippen LogP contribution is 2.35. The molecule has 1 aliphatic rings. The predicted octanol–water partition coefficient (Wildman–Crippen LogP) is 4.26. The van der Waals surface area contributed by atoms with E-state index in [9.17, 15) is 9.59 Å². The number of rotatable bonds is 5. The van der Waals surface area contributed by atoms with Crippen LogP contribution >= 0.6 is 0 Å². The zero-order valence-corrected chi connectivity index (χ0v) is 15.0. The molecule has 1 aromatic heterocycles. The number of Topliss-reactive ketones (excluding diaryl/α,β-unsaturated/α-hetero) is 1. The van der Waals surface area contributed by atoms with Crippen molar-refractivity contribution in [3.05, 3.63) is 89.1 Å². The molecule has 0 amide bonds. The van der Waals surface area contributed by atoms with Crippen molar-refractivity contribution in [2.75, 3.05) is 7.11 Å². The first kappa shape index (κ1) is 17.6. The number of ketones is 1. The van der Waals surface area contributed by atoms with Crippen LogP contribution < -0.4 is 9.47 Å². The monoisotopic (exact) mass is 376 g/mol. The van der Waals surface area contributed by atoms with Gasteiger partial charge in [0, 0.05) is 12.1 Å². The number of carbonyl (C=O) groups excluding carboxylic acids is 2. The number of carbonyl (C=O) groups is 2. The lowest BCUT2D eigenvalue weighted by molar-refractivity contribution is 0.0600.